The molecule has 2 atom stereocenters. The van der Waals surface area contributed by atoms with E-state index in [1.165, 1.54) is 25.9 Å². The highest BCUT2D eigenvalue weighted by Crippen LogP contribution is 2.40. The van der Waals surface area contributed by atoms with E-state index in [1.807, 2.05) is 0 Å². The Labute approximate surface area is 221 Å². The number of nitrogens with zero attached hydrogens (tertiary/aromatic N) is 3. The van der Waals surface area contributed by atoms with Gasteiger partial charge in [-0.05, 0) is 37.6 Å². The van der Waals surface area contributed by atoms with Gasteiger partial charge in [0.25, 0.3) is 11.8 Å². The molecule has 37 heavy (non-hydrogen) atoms. The summed E-state index contributed by atoms with van der Waals surface area (Å²) in [5, 5.41) is 10.6. The van der Waals surface area contributed by atoms with Crippen LogP contribution in [0, 0.1) is 0 Å². The fourth-order valence-corrected chi connectivity index (χ4v) is 4.58. The van der Waals surface area contributed by atoms with Gasteiger partial charge < -0.3 is 24.1 Å². The second-order valence-corrected chi connectivity index (χ2v) is 10.1. The lowest BCUT2D eigenvalue weighted by atomic mass is 9.96. The molecule has 194 valence electrons. The van der Waals surface area contributed by atoms with Gasteiger partial charge in [0.15, 0.2) is 11.3 Å². The van der Waals surface area contributed by atoms with Crippen LogP contribution in [-0.2, 0) is 9.59 Å². The van der Waals surface area contributed by atoms with Gasteiger partial charge in [0.05, 0.1) is 11.4 Å². The van der Waals surface area contributed by atoms with Gasteiger partial charge in [-0.15, -0.1) is 0 Å². The quantitative estimate of drug-likeness (QED) is 0.488. The van der Waals surface area contributed by atoms with Gasteiger partial charge in [-0.3, -0.25) is 14.4 Å². The molecule has 11 heteroatoms. The number of fused-ring (bicyclic) bond motifs is 3. The van der Waals surface area contributed by atoms with E-state index in [0.29, 0.717) is 21.4 Å². The van der Waals surface area contributed by atoms with Crippen molar-refractivity contribution in [1.29, 1.82) is 0 Å². The second kappa shape index (κ2) is 9.89. The van der Waals surface area contributed by atoms with Crippen molar-refractivity contribution in [2.75, 3.05) is 27.2 Å². The number of carbonyl (C=O) groups is 4. The first kappa shape index (κ1) is 26.2. The van der Waals surface area contributed by atoms with Gasteiger partial charge in [0.2, 0.25) is 11.7 Å². The van der Waals surface area contributed by atoms with E-state index >= 15 is 0 Å². The number of halogens is 1. The first-order valence-electron chi connectivity index (χ1n) is 11.4. The van der Waals surface area contributed by atoms with Crippen LogP contribution in [0.3, 0.4) is 0 Å². The molecule has 10 nitrogen and oxygen atoms in total. The van der Waals surface area contributed by atoms with Gasteiger partial charge in [-0.25, -0.2) is 9.69 Å². The van der Waals surface area contributed by atoms with Gasteiger partial charge in [-0.2, -0.15) is 0 Å². The lowest BCUT2D eigenvalue weighted by molar-refractivity contribution is -0.145. The maximum atomic E-state index is 14.0. The van der Waals surface area contributed by atoms with Gasteiger partial charge in [-0.1, -0.05) is 46.3 Å². The van der Waals surface area contributed by atoms with Crippen molar-refractivity contribution in [3.63, 3.8) is 0 Å². The zero-order valence-corrected chi connectivity index (χ0v) is 22.3. The zero-order valence-electron chi connectivity index (χ0n) is 20.7. The highest BCUT2D eigenvalue weighted by Gasteiger charge is 2.52. The number of imide groups is 1. The topological polar surface area (TPSA) is 121 Å². The van der Waals surface area contributed by atoms with E-state index < -0.39 is 48.5 Å². The number of ether oxygens (including phenoxy) is 1. The van der Waals surface area contributed by atoms with Crippen molar-refractivity contribution >= 4 is 50.7 Å². The minimum absolute atomic E-state index is 0.129. The molecular weight excluding hydrogens is 546 g/mol. The molecule has 4 rings (SSSR count). The Morgan fingerprint density at radius 1 is 1.16 bits per heavy atom. The van der Waals surface area contributed by atoms with Gasteiger partial charge in [0.1, 0.15) is 18.7 Å². The number of carboxylic acid groups (broad SMARTS) is 1. The fraction of sp³-hybridized carbons (Fsp3) is 0.308. The molecule has 0 aliphatic carbocycles. The lowest BCUT2D eigenvalue weighted by Gasteiger charge is -2.40. The summed E-state index contributed by atoms with van der Waals surface area (Å²) in [4.78, 5) is 56.0. The van der Waals surface area contributed by atoms with Gasteiger partial charge >= 0.3 is 6.09 Å². The van der Waals surface area contributed by atoms with Crippen molar-refractivity contribution in [2.24, 2.45) is 0 Å². The predicted octanol–water partition coefficient (Wildman–Crippen LogP) is 4.14. The van der Waals surface area contributed by atoms with Crippen LogP contribution in [0.4, 0.5) is 4.79 Å². The van der Waals surface area contributed by atoms with Crippen molar-refractivity contribution in [3.05, 3.63) is 64.3 Å². The highest BCUT2D eigenvalue weighted by atomic mass is 79.9. The SMILES string of the molecule is CC(c1ccccc1)N(C(=O)O)C(=O)[C@@]1(C)COc2c(oc3cc(Br)ccc23)C(=O)N1CC(=O)N(C)C. The summed E-state index contributed by atoms with van der Waals surface area (Å²) in [5.41, 5.74) is -0.888. The summed E-state index contributed by atoms with van der Waals surface area (Å²) in [5.74, 6) is -2.18. The Bertz CT molecular complexity index is 1390. The van der Waals surface area contributed by atoms with Crippen LogP contribution in [0.1, 0.15) is 36.0 Å². The fourth-order valence-electron chi connectivity index (χ4n) is 4.24. The molecule has 0 saturated carbocycles. The maximum Gasteiger partial charge on any atom is 0.414 e. The van der Waals surface area contributed by atoms with E-state index in [0.717, 1.165) is 9.37 Å². The molecule has 0 saturated heterocycles. The Kier molecular flexibility index (Phi) is 7.00. The molecule has 2 heterocycles. The number of hydrogen-bond acceptors (Lipinski definition) is 6. The molecule has 1 aliphatic heterocycles. The predicted molar refractivity (Wildman–Crippen MR) is 137 cm³/mol. The minimum Gasteiger partial charge on any atom is -0.486 e. The summed E-state index contributed by atoms with van der Waals surface area (Å²) >= 11 is 3.36. The summed E-state index contributed by atoms with van der Waals surface area (Å²) < 4.78 is 12.5. The molecule has 3 aromatic rings. The van der Waals surface area contributed by atoms with E-state index in [2.05, 4.69) is 15.9 Å². The lowest BCUT2D eigenvalue weighted by Crippen LogP contribution is -2.64. The second-order valence-electron chi connectivity index (χ2n) is 9.19. The Hall–Kier alpha value is -3.86. The molecule has 4 amide bonds. The average molecular weight is 572 g/mol. The number of amides is 4. The zero-order chi connectivity index (χ0) is 27.1. The van der Waals surface area contributed by atoms with Crippen molar-refractivity contribution in [1.82, 2.24) is 14.7 Å². The molecule has 0 bridgehead atoms. The van der Waals surface area contributed by atoms with Crippen LogP contribution in [-0.4, -0.2) is 76.4 Å². The third kappa shape index (κ3) is 4.66. The van der Waals surface area contributed by atoms with E-state index in [-0.39, 0.29) is 11.5 Å². The highest BCUT2D eigenvalue weighted by molar-refractivity contribution is 9.10. The van der Waals surface area contributed by atoms with E-state index in [4.69, 9.17) is 9.15 Å². The monoisotopic (exact) mass is 571 g/mol. The molecule has 1 aromatic heterocycles. The summed E-state index contributed by atoms with van der Waals surface area (Å²) in [6.45, 7) is 2.08. The molecule has 0 fully saturated rings. The number of carbonyl (C=O) groups excluding carboxylic acids is 3. The Balaban J connectivity index is 1.82. The average Bonchev–Trinajstić information content (AvgIpc) is 3.18. The van der Waals surface area contributed by atoms with Crippen LogP contribution < -0.4 is 4.74 Å². The van der Waals surface area contributed by atoms with Crippen molar-refractivity contribution in [2.45, 2.75) is 25.4 Å². The van der Waals surface area contributed by atoms with Crippen molar-refractivity contribution in [3.8, 4) is 5.75 Å². The Morgan fingerprint density at radius 3 is 2.46 bits per heavy atom. The van der Waals surface area contributed by atoms with E-state index in [9.17, 15) is 24.3 Å². The largest absolute Gasteiger partial charge is 0.486 e. The van der Waals surface area contributed by atoms with Crippen LogP contribution >= 0.6 is 15.9 Å². The van der Waals surface area contributed by atoms with Crippen LogP contribution in [0.5, 0.6) is 5.75 Å². The summed E-state index contributed by atoms with van der Waals surface area (Å²) in [6, 6.07) is 12.9. The molecule has 1 N–H and O–H groups in total. The number of likely N-dealkylation sites (N-methyl/N-ethyl adjacent to an activating group) is 1. The number of furan rings is 1. The van der Waals surface area contributed by atoms with Crippen molar-refractivity contribution < 1.29 is 33.4 Å². The van der Waals surface area contributed by atoms with Crippen LogP contribution in [0.25, 0.3) is 11.0 Å². The standard InChI is InChI=1S/C26H26BrN3O7/c1-15(16-8-6-5-7-9-16)30(25(34)35)24(33)26(2)14-36-21-18-11-10-17(27)12-19(18)37-22(21)23(32)29(26)13-20(31)28(3)4/h5-12,15H,13-14H2,1-4H3,(H,34,35)/t15?,26-/m1/s1. The summed E-state index contributed by atoms with van der Waals surface area (Å²) in [7, 11) is 3.04. The molecular formula is C26H26BrN3O7. The third-order valence-corrected chi connectivity index (χ3v) is 6.98. The third-order valence-electron chi connectivity index (χ3n) is 6.49. The molecule has 2 aromatic carbocycles. The maximum absolute atomic E-state index is 14.0. The van der Waals surface area contributed by atoms with Crippen LogP contribution in [0.2, 0.25) is 0 Å². The molecule has 0 radical (unpaired) electrons. The van der Waals surface area contributed by atoms with Crippen LogP contribution in [0.15, 0.2) is 57.4 Å². The molecule has 1 unspecified atom stereocenters. The number of benzene rings is 2. The Morgan fingerprint density at radius 2 is 1.84 bits per heavy atom. The summed E-state index contributed by atoms with van der Waals surface area (Å²) in [6.07, 6.45) is -1.50. The number of hydrogen-bond donors (Lipinski definition) is 1. The molecule has 1 aliphatic rings. The normalized spacial score (nSPS) is 18.0. The number of rotatable bonds is 5. The van der Waals surface area contributed by atoms with Gasteiger partial charge in [0, 0.05) is 18.6 Å². The first-order valence-corrected chi connectivity index (χ1v) is 12.2. The van der Waals surface area contributed by atoms with E-state index in [1.54, 1.807) is 55.5 Å². The minimum atomic E-state index is -1.85. The smallest absolute Gasteiger partial charge is 0.414 e. The first-order chi connectivity index (χ1) is 17.5. The molecule has 0 spiro atoms.